The molecule has 0 unspecified atom stereocenters. The number of rotatable bonds is 3. The quantitative estimate of drug-likeness (QED) is 0.824. The van der Waals surface area contributed by atoms with E-state index < -0.39 is 6.36 Å². The minimum Gasteiger partial charge on any atom is -0.406 e. The van der Waals surface area contributed by atoms with Crippen LogP contribution in [0.3, 0.4) is 0 Å². The standard InChI is InChI=1S/C11H7F3IN3O/c12-11(13,14)19-8-3-1-2-7(4-8)18-10-9(15)5-16-6-17-10/h1-6H,(H,16,17,18). The molecule has 4 nitrogen and oxygen atoms in total. The van der Waals surface area contributed by atoms with Gasteiger partial charge in [-0.15, -0.1) is 13.2 Å². The second-order valence-corrected chi connectivity index (χ2v) is 4.58. The Morgan fingerprint density at radius 2 is 2.05 bits per heavy atom. The van der Waals surface area contributed by atoms with Crippen molar-refractivity contribution in [2.45, 2.75) is 6.36 Å². The molecule has 1 N–H and O–H groups in total. The number of hydrogen-bond acceptors (Lipinski definition) is 4. The molecule has 2 aromatic rings. The number of anilines is 2. The fourth-order valence-corrected chi connectivity index (χ4v) is 1.75. The SMILES string of the molecule is FC(F)(F)Oc1cccc(Nc2ncncc2I)c1. The molecule has 0 bridgehead atoms. The smallest absolute Gasteiger partial charge is 0.406 e. The Labute approximate surface area is 120 Å². The van der Waals surface area contributed by atoms with Crippen LogP contribution >= 0.6 is 22.6 Å². The fourth-order valence-electron chi connectivity index (χ4n) is 1.31. The number of benzene rings is 1. The number of halogens is 4. The minimum absolute atomic E-state index is 0.290. The third-order valence-electron chi connectivity index (χ3n) is 2.00. The Hall–Kier alpha value is -1.58. The van der Waals surface area contributed by atoms with E-state index in [4.69, 9.17) is 0 Å². The second kappa shape index (κ2) is 5.59. The molecule has 0 radical (unpaired) electrons. The van der Waals surface area contributed by atoms with Crippen molar-refractivity contribution in [3.63, 3.8) is 0 Å². The zero-order valence-electron chi connectivity index (χ0n) is 9.28. The number of hydrogen-bond donors (Lipinski definition) is 1. The molecule has 0 saturated carbocycles. The third-order valence-corrected chi connectivity index (χ3v) is 2.79. The van der Waals surface area contributed by atoms with Gasteiger partial charge in [0.25, 0.3) is 0 Å². The van der Waals surface area contributed by atoms with Crippen molar-refractivity contribution in [2.24, 2.45) is 0 Å². The molecule has 0 atom stereocenters. The summed E-state index contributed by atoms with van der Waals surface area (Å²) in [5, 5.41) is 2.89. The molecule has 0 saturated heterocycles. The van der Waals surface area contributed by atoms with Crippen LogP contribution in [0.25, 0.3) is 0 Å². The second-order valence-electron chi connectivity index (χ2n) is 3.42. The molecule has 19 heavy (non-hydrogen) atoms. The summed E-state index contributed by atoms with van der Waals surface area (Å²) in [4.78, 5) is 7.81. The van der Waals surface area contributed by atoms with Crippen LogP contribution in [0.2, 0.25) is 0 Å². The molecule has 0 aliphatic heterocycles. The number of ether oxygens (including phenoxy) is 1. The maximum Gasteiger partial charge on any atom is 0.573 e. The first kappa shape index (κ1) is 13.8. The van der Waals surface area contributed by atoms with Crippen LogP contribution in [0.5, 0.6) is 5.75 Å². The Morgan fingerprint density at radius 3 is 2.74 bits per heavy atom. The number of aromatic nitrogens is 2. The van der Waals surface area contributed by atoms with Crippen molar-refractivity contribution in [1.29, 1.82) is 0 Å². The van der Waals surface area contributed by atoms with Crippen LogP contribution in [-0.2, 0) is 0 Å². The average Bonchev–Trinajstić information content (AvgIpc) is 2.30. The van der Waals surface area contributed by atoms with Crippen LogP contribution in [0.1, 0.15) is 0 Å². The van der Waals surface area contributed by atoms with Crippen molar-refractivity contribution in [3.05, 3.63) is 40.4 Å². The highest BCUT2D eigenvalue weighted by molar-refractivity contribution is 14.1. The van der Waals surface area contributed by atoms with E-state index in [-0.39, 0.29) is 5.75 Å². The Kier molecular flexibility index (Phi) is 4.08. The summed E-state index contributed by atoms with van der Waals surface area (Å²) >= 11 is 2.02. The van der Waals surface area contributed by atoms with Gasteiger partial charge < -0.3 is 10.1 Å². The molecular formula is C11H7F3IN3O. The van der Waals surface area contributed by atoms with E-state index in [0.29, 0.717) is 11.5 Å². The molecule has 0 aliphatic rings. The van der Waals surface area contributed by atoms with Crippen LogP contribution in [0, 0.1) is 3.57 Å². The normalized spacial score (nSPS) is 11.2. The van der Waals surface area contributed by atoms with Crippen molar-refractivity contribution in [2.75, 3.05) is 5.32 Å². The van der Waals surface area contributed by atoms with E-state index in [1.165, 1.54) is 24.5 Å². The Morgan fingerprint density at radius 1 is 1.26 bits per heavy atom. The number of nitrogens with one attached hydrogen (secondary N) is 1. The van der Waals surface area contributed by atoms with E-state index in [2.05, 4.69) is 20.0 Å². The first-order valence-corrected chi connectivity index (χ1v) is 6.10. The summed E-state index contributed by atoms with van der Waals surface area (Å²) in [6.07, 6.45) is -1.77. The van der Waals surface area contributed by atoms with Gasteiger partial charge in [-0.25, -0.2) is 9.97 Å². The summed E-state index contributed by atoms with van der Waals surface area (Å²) < 4.78 is 40.9. The van der Waals surface area contributed by atoms with Gasteiger partial charge in [0.2, 0.25) is 0 Å². The lowest BCUT2D eigenvalue weighted by atomic mass is 10.3. The molecule has 2 rings (SSSR count). The maximum absolute atomic E-state index is 12.1. The van der Waals surface area contributed by atoms with Gasteiger partial charge in [-0.1, -0.05) is 6.07 Å². The lowest BCUT2D eigenvalue weighted by molar-refractivity contribution is -0.274. The topological polar surface area (TPSA) is 47.0 Å². The van der Waals surface area contributed by atoms with Gasteiger partial charge >= 0.3 is 6.36 Å². The van der Waals surface area contributed by atoms with Crippen molar-refractivity contribution in [3.8, 4) is 5.75 Å². The predicted octanol–water partition coefficient (Wildman–Crippen LogP) is 3.72. The molecule has 1 aromatic heterocycles. The first-order valence-electron chi connectivity index (χ1n) is 5.02. The molecular weight excluding hydrogens is 374 g/mol. The Bertz CT molecular complexity index is 577. The molecule has 1 aromatic carbocycles. The first-order chi connectivity index (χ1) is 8.94. The van der Waals surface area contributed by atoms with Gasteiger partial charge in [-0.05, 0) is 34.7 Å². The number of alkyl halides is 3. The highest BCUT2D eigenvalue weighted by Crippen LogP contribution is 2.27. The van der Waals surface area contributed by atoms with Crippen LogP contribution in [0.15, 0.2) is 36.8 Å². The van der Waals surface area contributed by atoms with Crippen molar-refractivity contribution < 1.29 is 17.9 Å². The van der Waals surface area contributed by atoms with Crippen molar-refractivity contribution >= 4 is 34.1 Å². The van der Waals surface area contributed by atoms with Gasteiger partial charge in [-0.2, -0.15) is 0 Å². The molecule has 0 fully saturated rings. The van der Waals surface area contributed by atoms with Crippen LogP contribution in [-0.4, -0.2) is 16.3 Å². The van der Waals surface area contributed by atoms with E-state index >= 15 is 0 Å². The zero-order chi connectivity index (χ0) is 13.9. The van der Waals surface area contributed by atoms with E-state index in [1.54, 1.807) is 12.3 Å². The van der Waals surface area contributed by atoms with Crippen molar-refractivity contribution in [1.82, 2.24) is 9.97 Å². The lowest BCUT2D eigenvalue weighted by Gasteiger charge is -2.11. The van der Waals surface area contributed by atoms with Gasteiger partial charge in [0, 0.05) is 18.0 Å². The summed E-state index contributed by atoms with van der Waals surface area (Å²) in [5.74, 6) is 0.223. The van der Waals surface area contributed by atoms with E-state index in [1.807, 2.05) is 22.6 Å². The molecule has 0 spiro atoms. The van der Waals surface area contributed by atoms with Crippen LogP contribution < -0.4 is 10.1 Å². The summed E-state index contributed by atoms with van der Waals surface area (Å²) in [6, 6.07) is 5.54. The van der Waals surface area contributed by atoms with E-state index in [9.17, 15) is 13.2 Å². The molecule has 8 heteroatoms. The fraction of sp³-hybridized carbons (Fsp3) is 0.0909. The highest BCUT2D eigenvalue weighted by Gasteiger charge is 2.31. The van der Waals surface area contributed by atoms with Gasteiger partial charge in [0.15, 0.2) is 0 Å². The number of nitrogens with zero attached hydrogens (tertiary/aromatic N) is 2. The molecule has 1 heterocycles. The Balaban J connectivity index is 2.18. The molecule has 100 valence electrons. The summed E-state index contributed by atoms with van der Waals surface area (Å²) in [6.45, 7) is 0. The predicted molar refractivity (Wildman–Crippen MR) is 71.2 cm³/mol. The summed E-state index contributed by atoms with van der Waals surface area (Å²) in [5.41, 5.74) is 0.443. The lowest BCUT2D eigenvalue weighted by Crippen LogP contribution is -2.17. The molecule has 0 amide bonds. The maximum atomic E-state index is 12.1. The third kappa shape index (κ3) is 4.23. The summed E-state index contributed by atoms with van der Waals surface area (Å²) in [7, 11) is 0. The van der Waals surface area contributed by atoms with Gasteiger partial charge in [0.05, 0.1) is 3.57 Å². The molecule has 0 aliphatic carbocycles. The minimum atomic E-state index is -4.71. The van der Waals surface area contributed by atoms with Gasteiger partial charge in [-0.3, -0.25) is 0 Å². The van der Waals surface area contributed by atoms with E-state index in [0.717, 1.165) is 3.57 Å². The zero-order valence-corrected chi connectivity index (χ0v) is 11.4. The average molecular weight is 381 g/mol. The highest BCUT2D eigenvalue weighted by atomic mass is 127. The monoisotopic (exact) mass is 381 g/mol. The van der Waals surface area contributed by atoms with Crippen LogP contribution in [0.4, 0.5) is 24.7 Å². The largest absolute Gasteiger partial charge is 0.573 e. The van der Waals surface area contributed by atoms with Gasteiger partial charge in [0.1, 0.15) is 17.9 Å².